The molecule has 120 valence electrons. The van der Waals surface area contributed by atoms with Gasteiger partial charge in [-0.25, -0.2) is 15.1 Å². The molecule has 1 saturated heterocycles. The summed E-state index contributed by atoms with van der Waals surface area (Å²) in [6.07, 6.45) is 2.96. The van der Waals surface area contributed by atoms with Crippen molar-refractivity contribution in [3.05, 3.63) is 11.6 Å². The number of carbonyl (C=O) groups excluding carboxylic acids is 1. The van der Waals surface area contributed by atoms with Gasteiger partial charge in [-0.15, -0.1) is 0 Å². The highest BCUT2D eigenvalue weighted by atomic mass is 16.5. The van der Waals surface area contributed by atoms with Crippen molar-refractivity contribution < 1.29 is 9.53 Å². The fraction of sp³-hybridized carbons (Fsp3) is 0.733. The number of hydrazone groups is 1. The summed E-state index contributed by atoms with van der Waals surface area (Å²) in [4.78, 5) is 16.1. The Labute approximate surface area is 130 Å². The molecule has 3 heterocycles. The van der Waals surface area contributed by atoms with Crippen LogP contribution in [0.25, 0.3) is 0 Å². The first-order chi connectivity index (χ1) is 10.4. The Bertz CT molecular complexity index is 594. The third-order valence-corrected chi connectivity index (χ3v) is 4.01. The molecular formula is C15H23N5O2. The average Bonchev–Trinajstić information content (AvgIpc) is 2.94. The van der Waals surface area contributed by atoms with Crippen molar-refractivity contribution in [1.29, 1.82) is 0 Å². The fourth-order valence-corrected chi connectivity index (χ4v) is 2.75. The first kappa shape index (κ1) is 15.1. The molecule has 2 aliphatic heterocycles. The van der Waals surface area contributed by atoms with Crippen molar-refractivity contribution in [3.63, 3.8) is 0 Å². The van der Waals surface area contributed by atoms with Gasteiger partial charge in [0.15, 0.2) is 11.6 Å². The maximum atomic E-state index is 11.3. The van der Waals surface area contributed by atoms with Crippen LogP contribution in [-0.2, 0) is 15.1 Å². The van der Waals surface area contributed by atoms with E-state index in [0.717, 1.165) is 43.4 Å². The fourth-order valence-electron chi connectivity index (χ4n) is 2.75. The quantitative estimate of drug-likeness (QED) is 0.898. The number of hydrogen-bond acceptors (Lipinski definition) is 5. The Morgan fingerprint density at radius 3 is 2.55 bits per heavy atom. The van der Waals surface area contributed by atoms with Crippen LogP contribution in [-0.4, -0.2) is 39.6 Å². The van der Waals surface area contributed by atoms with Crippen LogP contribution in [0.2, 0.25) is 0 Å². The average molecular weight is 305 g/mol. The maximum Gasteiger partial charge on any atom is 0.240 e. The van der Waals surface area contributed by atoms with E-state index in [1.165, 1.54) is 0 Å². The van der Waals surface area contributed by atoms with Gasteiger partial charge in [0.25, 0.3) is 0 Å². The number of ether oxygens (including phenoxy) is 1. The van der Waals surface area contributed by atoms with Gasteiger partial charge in [0.1, 0.15) is 5.71 Å². The topological polar surface area (TPSA) is 81.4 Å². The lowest BCUT2D eigenvalue weighted by Gasteiger charge is -2.22. The van der Waals surface area contributed by atoms with E-state index in [-0.39, 0.29) is 11.4 Å². The Kier molecular flexibility index (Phi) is 3.99. The van der Waals surface area contributed by atoms with Gasteiger partial charge < -0.3 is 4.74 Å². The Hall–Kier alpha value is -1.76. The summed E-state index contributed by atoms with van der Waals surface area (Å²) in [6, 6.07) is 0. The minimum Gasteiger partial charge on any atom is -0.381 e. The largest absolute Gasteiger partial charge is 0.381 e. The van der Waals surface area contributed by atoms with Crippen LogP contribution < -0.4 is 5.43 Å². The highest BCUT2D eigenvalue weighted by Crippen LogP contribution is 2.27. The van der Waals surface area contributed by atoms with Crippen LogP contribution in [0.1, 0.15) is 64.0 Å². The van der Waals surface area contributed by atoms with E-state index in [1.54, 1.807) is 0 Å². The molecule has 0 unspecified atom stereocenters. The number of amides is 1. The highest BCUT2D eigenvalue weighted by molar-refractivity contribution is 6.01. The second-order valence-electron chi connectivity index (χ2n) is 6.86. The highest BCUT2D eigenvalue weighted by Gasteiger charge is 2.29. The summed E-state index contributed by atoms with van der Waals surface area (Å²) in [7, 11) is 0. The molecule has 7 heteroatoms. The van der Waals surface area contributed by atoms with Gasteiger partial charge in [-0.3, -0.25) is 4.79 Å². The normalized spacial score (nSPS) is 20.7. The van der Waals surface area contributed by atoms with E-state index in [1.807, 2.05) is 4.68 Å². The third-order valence-electron chi connectivity index (χ3n) is 4.01. The minimum absolute atomic E-state index is 0.0461. The summed E-state index contributed by atoms with van der Waals surface area (Å²) in [5.41, 5.74) is 3.17. The molecule has 1 aromatic heterocycles. The molecule has 0 aromatic carbocycles. The van der Waals surface area contributed by atoms with E-state index in [4.69, 9.17) is 14.8 Å². The van der Waals surface area contributed by atoms with Gasteiger partial charge >= 0.3 is 0 Å². The molecule has 0 radical (unpaired) electrons. The molecule has 0 aliphatic carbocycles. The minimum atomic E-state index is -0.185. The third kappa shape index (κ3) is 3.04. The van der Waals surface area contributed by atoms with Crippen LogP contribution in [0, 0.1) is 0 Å². The van der Waals surface area contributed by atoms with E-state index in [9.17, 15) is 4.79 Å². The number of nitrogens with one attached hydrogen (secondary N) is 1. The van der Waals surface area contributed by atoms with Crippen LogP contribution in [0.4, 0.5) is 0 Å². The number of hydrogen-bond donors (Lipinski definition) is 1. The maximum absolute atomic E-state index is 11.3. The zero-order valence-corrected chi connectivity index (χ0v) is 13.4. The van der Waals surface area contributed by atoms with Gasteiger partial charge in [-0.1, -0.05) is 0 Å². The van der Waals surface area contributed by atoms with Crippen LogP contribution in [0.5, 0.6) is 0 Å². The zero-order chi connectivity index (χ0) is 15.7. The first-order valence-corrected chi connectivity index (χ1v) is 7.86. The molecule has 0 saturated carbocycles. The summed E-state index contributed by atoms with van der Waals surface area (Å²) < 4.78 is 7.36. The SMILES string of the molecule is CC(C)(C)n1nc(C2CCOCC2)nc1C1=NNC(=O)CC1. The standard InChI is InChI=1S/C15H23N5O2/c1-15(2,3)20-14(11-4-5-12(21)18-17-11)16-13(19-20)10-6-8-22-9-7-10/h10H,4-9H2,1-3H3,(H,18,21). The lowest BCUT2D eigenvalue weighted by molar-refractivity contribution is -0.121. The number of rotatable bonds is 2. The van der Waals surface area contributed by atoms with Crippen molar-refractivity contribution in [2.24, 2.45) is 5.10 Å². The first-order valence-electron chi connectivity index (χ1n) is 7.86. The molecule has 0 spiro atoms. The smallest absolute Gasteiger partial charge is 0.240 e. The molecule has 0 atom stereocenters. The van der Waals surface area contributed by atoms with E-state index in [0.29, 0.717) is 18.8 Å². The van der Waals surface area contributed by atoms with E-state index < -0.39 is 0 Å². The Morgan fingerprint density at radius 1 is 1.23 bits per heavy atom. The van der Waals surface area contributed by atoms with Crippen molar-refractivity contribution in [2.45, 2.75) is 57.9 Å². The van der Waals surface area contributed by atoms with E-state index >= 15 is 0 Å². The molecule has 3 rings (SSSR count). The van der Waals surface area contributed by atoms with Gasteiger partial charge in [0, 0.05) is 32.0 Å². The molecule has 22 heavy (non-hydrogen) atoms. The second-order valence-corrected chi connectivity index (χ2v) is 6.86. The van der Waals surface area contributed by atoms with Crippen molar-refractivity contribution in [3.8, 4) is 0 Å². The molecular weight excluding hydrogens is 282 g/mol. The predicted octanol–water partition coefficient (Wildman–Crippen LogP) is 1.54. The Balaban J connectivity index is 1.96. The lowest BCUT2D eigenvalue weighted by atomic mass is 10.00. The number of carbonyl (C=O) groups is 1. The van der Waals surface area contributed by atoms with Crippen LogP contribution in [0.15, 0.2) is 5.10 Å². The summed E-state index contributed by atoms with van der Waals surface area (Å²) in [5, 5.41) is 8.94. The van der Waals surface area contributed by atoms with Gasteiger partial charge in [0.05, 0.1) is 5.54 Å². The number of nitrogens with zero attached hydrogens (tertiary/aromatic N) is 4. The van der Waals surface area contributed by atoms with Crippen molar-refractivity contribution in [1.82, 2.24) is 20.2 Å². The van der Waals surface area contributed by atoms with Crippen LogP contribution >= 0.6 is 0 Å². The Morgan fingerprint density at radius 2 is 1.95 bits per heavy atom. The molecule has 0 bridgehead atoms. The number of aromatic nitrogens is 3. The zero-order valence-electron chi connectivity index (χ0n) is 13.4. The second kappa shape index (κ2) is 5.79. The van der Waals surface area contributed by atoms with Crippen molar-refractivity contribution >= 4 is 11.6 Å². The molecule has 1 fully saturated rings. The summed E-state index contributed by atoms with van der Waals surface area (Å²) in [6.45, 7) is 7.82. The van der Waals surface area contributed by atoms with Gasteiger partial charge in [0.2, 0.25) is 5.91 Å². The van der Waals surface area contributed by atoms with Gasteiger partial charge in [-0.2, -0.15) is 10.2 Å². The monoisotopic (exact) mass is 305 g/mol. The van der Waals surface area contributed by atoms with Crippen molar-refractivity contribution in [2.75, 3.05) is 13.2 Å². The van der Waals surface area contributed by atoms with Crippen LogP contribution in [0.3, 0.4) is 0 Å². The molecule has 7 nitrogen and oxygen atoms in total. The predicted molar refractivity (Wildman–Crippen MR) is 81.7 cm³/mol. The molecule has 1 amide bonds. The van der Waals surface area contributed by atoms with E-state index in [2.05, 4.69) is 31.3 Å². The summed E-state index contributed by atoms with van der Waals surface area (Å²) in [5.74, 6) is 1.94. The summed E-state index contributed by atoms with van der Waals surface area (Å²) >= 11 is 0. The molecule has 1 aromatic rings. The molecule has 1 N–H and O–H groups in total. The van der Waals surface area contributed by atoms with Gasteiger partial charge in [-0.05, 0) is 33.6 Å². The molecule has 2 aliphatic rings. The lowest BCUT2D eigenvalue weighted by Crippen LogP contribution is -2.32.